The normalized spacial score (nSPS) is 10.6. The zero-order valence-corrected chi connectivity index (χ0v) is 17.7. The molecule has 152 valence electrons. The minimum atomic E-state index is -0.584. The van der Waals surface area contributed by atoms with E-state index in [0.717, 1.165) is 0 Å². The van der Waals surface area contributed by atoms with Crippen molar-refractivity contribution in [3.05, 3.63) is 51.1 Å². The van der Waals surface area contributed by atoms with Crippen molar-refractivity contribution in [1.29, 1.82) is 0 Å². The largest absolute Gasteiger partial charge is 0.493 e. The van der Waals surface area contributed by atoms with E-state index in [-0.39, 0.29) is 18.1 Å². The Labute approximate surface area is 175 Å². The number of rotatable bonds is 7. The van der Waals surface area contributed by atoms with Gasteiger partial charge in [0.05, 0.1) is 30.7 Å². The molecule has 0 atom stereocenters. The Kier molecular flexibility index (Phi) is 6.43. The van der Waals surface area contributed by atoms with Gasteiger partial charge in [-0.1, -0.05) is 12.1 Å². The van der Waals surface area contributed by atoms with Gasteiger partial charge in [-0.3, -0.25) is 4.79 Å². The molecule has 1 heterocycles. The summed E-state index contributed by atoms with van der Waals surface area (Å²) in [5.74, 6) is 0.424. The van der Waals surface area contributed by atoms with Crippen LogP contribution >= 0.6 is 15.9 Å². The minimum absolute atomic E-state index is 0.0872. The van der Waals surface area contributed by atoms with Crippen molar-refractivity contribution in [2.24, 2.45) is 0 Å². The lowest BCUT2D eigenvalue weighted by Crippen LogP contribution is -2.18. The number of methoxy groups -OCH3 is 2. The molecule has 0 N–H and O–H groups in total. The molecule has 0 bridgehead atoms. The molecule has 0 saturated heterocycles. The van der Waals surface area contributed by atoms with Crippen LogP contribution in [0.5, 0.6) is 17.2 Å². The lowest BCUT2D eigenvalue weighted by atomic mass is 10.1. The van der Waals surface area contributed by atoms with Crippen molar-refractivity contribution in [2.75, 3.05) is 27.4 Å². The van der Waals surface area contributed by atoms with Crippen LogP contribution < -0.4 is 19.6 Å². The highest BCUT2D eigenvalue weighted by Crippen LogP contribution is 2.41. The molecule has 0 fully saturated rings. The average Bonchev–Trinajstić information content (AvgIpc) is 2.72. The number of para-hydroxylation sites is 1. The van der Waals surface area contributed by atoms with Crippen LogP contribution in [0.4, 0.5) is 0 Å². The molecule has 0 aliphatic carbocycles. The second kappa shape index (κ2) is 9.00. The summed E-state index contributed by atoms with van der Waals surface area (Å²) in [6.07, 6.45) is 0. The van der Waals surface area contributed by atoms with Crippen molar-refractivity contribution in [3.63, 3.8) is 0 Å². The van der Waals surface area contributed by atoms with Crippen LogP contribution in [0.25, 0.3) is 22.3 Å². The molecule has 3 aromatic rings. The minimum Gasteiger partial charge on any atom is -0.493 e. The van der Waals surface area contributed by atoms with Crippen molar-refractivity contribution >= 4 is 32.9 Å². The van der Waals surface area contributed by atoms with Crippen LogP contribution in [0.1, 0.15) is 6.92 Å². The maximum Gasteiger partial charge on any atom is 0.344 e. The number of esters is 1. The Balaban J connectivity index is 2.20. The van der Waals surface area contributed by atoms with Crippen LogP contribution in [-0.4, -0.2) is 33.4 Å². The quantitative estimate of drug-likeness (QED) is 0.486. The van der Waals surface area contributed by atoms with Crippen LogP contribution in [0.15, 0.2) is 50.1 Å². The molecule has 29 heavy (non-hydrogen) atoms. The Bertz CT molecular complexity index is 1100. The van der Waals surface area contributed by atoms with E-state index in [0.29, 0.717) is 32.5 Å². The van der Waals surface area contributed by atoms with Gasteiger partial charge >= 0.3 is 5.97 Å². The zero-order chi connectivity index (χ0) is 21.0. The predicted molar refractivity (Wildman–Crippen MR) is 111 cm³/mol. The van der Waals surface area contributed by atoms with Gasteiger partial charge in [-0.05, 0) is 47.1 Å². The maximum atomic E-state index is 13.1. The number of carbonyl (C=O) groups excluding carboxylic acids is 1. The topological polar surface area (TPSA) is 84.2 Å². The molecule has 0 aliphatic heterocycles. The number of ether oxygens (including phenoxy) is 4. The molecular weight excluding hydrogens is 444 g/mol. The summed E-state index contributed by atoms with van der Waals surface area (Å²) in [6.45, 7) is 1.48. The highest BCUT2D eigenvalue weighted by molar-refractivity contribution is 9.10. The Morgan fingerprint density at radius 1 is 1.10 bits per heavy atom. The standard InChI is InChI=1S/C21H19BrO7/c1-4-27-17(23)11-28-21-18(24)13-7-5-6-8-15(13)29-19(21)12-9-14(22)20(26-3)16(10-12)25-2/h5-10H,4,11H2,1-3H3. The van der Waals surface area contributed by atoms with Gasteiger partial charge in [0.1, 0.15) is 5.58 Å². The molecule has 0 spiro atoms. The van der Waals surface area contributed by atoms with Gasteiger partial charge in [-0.25, -0.2) is 4.79 Å². The number of fused-ring (bicyclic) bond motifs is 1. The van der Waals surface area contributed by atoms with Gasteiger partial charge in [0, 0.05) is 5.56 Å². The van der Waals surface area contributed by atoms with E-state index in [9.17, 15) is 9.59 Å². The Morgan fingerprint density at radius 3 is 2.55 bits per heavy atom. The first-order valence-corrected chi connectivity index (χ1v) is 9.55. The van der Waals surface area contributed by atoms with Crippen molar-refractivity contribution in [2.45, 2.75) is 6.92 Å². The van der Waals surface area contributed by atoms with E-state index < -0.39 is 18.0 Å². The summed E-state index contributed by atoms with van der Waals surface area (Å²) < 4.78 is 27.7. The Hall–Kier alpha value is -3.00. The van der Waals surface area contributed by atoms with Crippen LogP contribution in [0.2, 0.25) is 0 Å². The second-order valence-corrected chi connectivity index (χ2v) is 6.73. The van der Waals surface area contributed by atoms with Gasteiger partial charge < -0.3 is 23.4 Å². The van der Waals surface area contributed by atoms with Crippen molar-refractivity contribution in [1.82, 2.24) is 0 Å². The molecule has 0 amide bonds. The molecule has 7 nitrogen and oxygen atoms in total. The first kappa shape index (κ1) is 20.7. The lowest BCUT2D eigenvalue weighted by Gasteiger charge is -2.14. The van der Waals surface area contributed by atoms with E-state index >= 15 is 0 Å². The van der Waals surface area contributed by atoms with Crippen LogP contribution in [0, 0.1) is 0 Å². The summed E-state index contributed by atoms with van der Waals surface area (Å²) in [5.41, 5.74) is 0.509. The lowest BCUT2D eigenvalue weighted by molar-refractivity contribution is -0.145. The van der Waals surface area contributed by atoms with E-state index in [1.165, 1.54) is 14.2 Å². The molecule has 8 heteroatoms. The number of carbonyl (C=O) groups is 1. The van der Waals surface area contributed by atoms with E-state index in [4.69, 9.17) is 23.4 Å². The molecule has 0 unspecified atom stereocenters. The fraction of sp³-hybridized carbons (Fsp3) is 0.238. The fourth-order valence-electron chi connectivity index (χ4n) is 2.83. The smallest absolute Gasteiger partial charge is 0.344 e. The number of benzene rings is 2. The molecular formula is C21H19BrO7. The molecule has 0 radical (unpaired) electrons. The second-order valence-electron chi connectivity index (χ2n) is 5.87. The first-order valence-electron chi connectivity index (χ1n) is 8.76. The van der Waals surface area contributed by atoms with Gasteiger partial charge in [0.2, 0.25) is 11.2 Å². The zero-order valence-electron chi connectivity index (χ0n) is 16.1. The van der Waals surface area contributed by atoms with E-state index in [1.807, 2.05) is 0 Å². The number of hydrogen-bond acceptors (Lipinski definition) is 7. The monoisotopic (exact) mass is 462 g/mol. The van der Waals surface area contributed by atoms with Gasteiger partial charge in [-0.2, -0.15) is 0 Å². The molecule has 0 aliphatic rings. The molecule has 0 saturated carbocycles. The summed E-state index contributed by atoms with van der Waals surface area (Å²) >= 11 is 3.43. The first-order chi connectivity index (χ1) is 14.0. The maximum absolute atomic E-state index is 13.1. The molecule has 2 aromatic carbocycles. The van der Waals surface area contributed by atoms with Gasteiger partial charge in [0.25, 0.3) is 0 Å². The van der Waals surface area contributed by atoms with Crippen LogP contribution in [0.3, 0.4) is 0 Å². The summed E-state index contributed by atoms with van der Waals surface area (Å²) in [5, 5.41) is 0.342. The SMILES string of the molecule is CCOC(=O)COc1c(-c2cc(Br)c(OC)c(OC)c2)oc2ccccc2c1=O. The summed E-state index contributed by atoms with van der Waals surface area (Å²) in [4.78, 5) is 24.8. The van der Waals surface area contributed by atoms with Crippen LogP contribution in [-0.2, 0) is 9.53 Å². The fourth-order valence-corrected chi connectivity index (χ4v) is 3.43. The van der Waals surface area contributed by atoms with E-state index in [2.05, 4.69) is 15.9 Å². The highest BCUT2D eigenvalue weighted by atomic mass is 79.9. The third-order valence-electron chi connectivity index (χ3n) is 4.09. The van der Waals surface area contributed by atoms with E-state index in [1.54, 1.807) is 43.3 Å². The third-order valence-corrected chi connectivity index (χ3v) is 4.68. The summed E-state index contributed by atoms with van der Waals surface area (Å²) in [7, 11) is 3.02. The molecule has 3 rings (SSSR count). The van der Waals surface area contributed by atoms with Gasteiger partial charge in [0.15, 0.2) is 23.9 Å². The third kappa shape index (κ3) is 4.22. The van der Waals surface area contributed by atoms with Crippen molar-refractivity contribution < 1.29 is 28.2 Å². The Morgan fingerprint density at radius 2 is 1.86 bits per heavy atom. The highest BCUT2D eigenvalue weighted by Gasteiger charge is 2.21. The number of hydrogen-bond donors (Lipinski definition) is 0. The van der Waals surface area contributed by atoms with Gasteiger partial charge in [-0.15, -0.1) is 0 Å². The number of halogens is 1. The molecule has 1 aromatic heterocycles. The van der Waals surface area contributed by atoms with Crippen molar-refractivity contribution in [3.8, 4) is 28.6 Å². The summed E-state index contributed by atoms with van der Waals surface area (Å²) in [6, 6.07) is 10.2. The average molecular weight is 463 g/mol. The predicted octanol–water partition coefficient (Wildman–Crippen LogP) is 4.18.